The molecule has 0 aromatic heterocycles. The fraction of sp³-hybridized carbons (Fsp3) is 0.571. The molecule has 0 aliphatic carbocycles. The maximum absolute atomic E-state index is 12.6. The summed E-state index contributed by atoms with van der Waals surface area (Å²) >= 11 is 0. The van der Waals surface area contributed by atoms with E-state index in [2.05, 4.69) is 0 Å². The van der Waals surface area contributed by atoms with Gasteiger partial charge in [-0.25, -0.2) is 8.42 Å². The van der Waals surface area contributed by atoms with E-state index in [9.17, 15) is 13.5 Å². The summed E-state index contributed by atoms with van der Waals surface area (Å²) in [6.45, 7) is 2.77. The Labute approximate surface area is 120 Å². The van der Waals surface area contributed by atoms with Crippen molar-refractivity contribution in [1.82, 2.24) is 4.31 Å². The number of benzene rings is 1. The lowest BCUT2D eigenvalue weighted by atomic mass is 10.0. The van der Waals surface area contributed by atoms with Crippen LogP contribution in [0.4, 0.5) is 0 Å². The van der Waals surface area contributed by atoms with Crippen molar-refractivity contribution in [2.45, 2.75) is 24.7 Å². The van der Waals surface area contributed by atoms with Gasteiger partial charge < -0.3 is 9.84 Å². The van der Waals surface area contributed by atoms with E-state index < -0.39 is 10.0 Å². The van der Waals surface area contributed by atoms with Crippen LogP contribution in [-0.2, 0) is 10.0 Å². The Morgan fingerprint density at radius 3 is 2.80 bits per heavy atom. The molecule has 0 radical (unpaired) electrons. The molecule has 1 fully saturated rings. The maximum atomic E-state index is 12.6. The lowest BCUT2D eigenvalue weighted by Crippen LogP contribution is -2.40. The first-order chi connectivity index (χ1) is 9.48. The summed E-state index contributed by atoms with van der Waals surface area (Å²) in [4.78, 5) is 0.286. The minimum absolute atomic E-state index is 0.0354. The number of ether oxygens (including phenoxy) is 1. The predicted octanol–water partition coefficient (Wildman–Crippen LogP) is 1.40. The monoisotopic (exact) mass is 299 g/mol. The fourth-order valence-corrected chi connectivity index (χ4v) is 4.20. The Morgan fingerprint density at radius 1 is 1.45 bits per heavy atom. The second kappa shape index (κ2) is 6.11. The molecule has 0 amide bonds. The summed E-state index contributed by atoms with van der Waals surface area (Å²) in [6.07, 6.45) is 1.67. The van der Waals surface area contributed by atoms with Crippen LogP contribution in [0.15, 0.2) is 23.1 Å². The van der Waals surface area contributed by atoms with Crippen LogP contribution in [0.3, 0.4) is 0 Å². The van der Waals surface area contributed by atoms with Gasteiger partial charge in [-0.3, -0.25) is 0 Å². The highest BCUT2D eigenvalue weighted by molar-refractivity contribution is 7.89. The smallest absolute Gasteiger partial charge is 0.243 e. The van der Waals surface area contributed by atoms with Crippen LogP contribution < -0.4 is 4.74 Å². The van der Waals surface area contributed by atoms with E-state index >= 15 is 0 Å². The Morgan fingerprint density at radius 2 is 2.20 bits per heavy atom. The van der Waals surface area contributed by atoms with Crippen molar-refractivity contribution in [2.24, 2.45) is 5.92 Å². The molecular weight excluding hydrogens is 278 g/mol. The maximum Gasteiger partial charge on any atom is 0.243 e. The van der Waals surface area contributed by atoms with Crippen LogP contribution >= 0.6 is 0 Å². The average molecular weight is 299 g/mol. The number of aliphatic hydroxyl groups excluding tert-OH is 1. The topological polar surface area (TPSA) is 66.8 Å². The van der Waals surface area contributed by atoms with Gasteiger partial charge in [0.2, 0.25) is 10.0 Å². The molecule has 0 saturated carbocycles. The highest BCUT2D eigenvalue weighted by Crippen LogP contribution is 2.26. The summed E-state index contributed by atoms with van der Waals surface area (Å²) in [5, 5.41) is 9.22. The van der Waals surface area contributed by atoms with Crippen LogP contribution in [0.25, 0.3) is 0 Å². The molecule has 112 valence electrons. The average Bonchev–Trinajstić information content (AvgIpc) is 2.47. The van der Waals surface area contributed by atoms with E-state index in [4.69, 9.17) is 4.74 Å². The van der Waals surface area contributed by atoms with Gasteiger partial charge in [0.25, 0.3) is 0 Å². The molecule has 1 aromatic carbocycles. The van der Waals surface area contributed by atoms with Gasteiger partial charge >= 0.3 is 0 Å². The number of hydrogen-bond acceptors (Lipinski definition) is 4. The normalized spacial score (nSPS) is 20.9. The van der Waals surface area contributed by atoms with Gasteiger partial charge in [0.15, 0.2) is 0 Å². The number of nitrogens with zero attached hydrogens (tertiary/aromatic N) is 1. The molecule has 5 nitrogen and oxygen atoms in total. The second-order valence-corrected chi connectivity index (χ2v) is 7.12. The van der Waals surface area contributed by atoms with Crippen LogP contribution in [0.1, 0.15) is 18.4 Å². The molecule has 1 aliphatic rings. The molecular formula is C14H21NO4S. The molecule has 1 atom stereocenters. The third-order valence-electron chi connectivity index (χ3n) is 3.74. The Hall–Kier alpha value is -1.11. The van der Waals surface area contributed by atoms with Crippen molar-refractivity contribution in [2.75, 3.05) is 26.8 Å². The van der Waals surface area contributed by atoms with Gasteiger partial charge in [0.1, 0.15) is 5.75 Å². The molecule has 6 heteroatoms. The van der Waals surface area contributed by atoms with E-state index in [0.29, 0.717) is 18.8 Å². The van der Waals surface area contributed by atoms with Crippen molar-refractivity contribution >= 4 is 10.0 Å². The van der Waals surface area contributed by atoms with Crippen LogP contribution in [0, 0.1) is 12.8 Å². The number of hydrogen-bond donors (Lipinski definition) is 1. The molecule has 2 rings (SSSR count). The zero-order chi connectivity index (χ0) is 14.8. The van der Waals surface area contributed by atoms with Crippen LogP contribution in [0.2, 0.25) is 0 Å². The molecule has 20 heavy (non-hydrogen) atoms. The summed E-state index contributed by atoms with van der Waals surface area (Å²) in [7, 11) is -1.92. The Bertz CT molecular complexity index is 571. The molecule has 0 spiro atoms. The largest absolute Gasteiger partial charge is 0.496 e. The third-order valence-corrected chi connectivity index (χ3v) is 5.61. The molecule has 0 bridgehead atoms. The van der Waals surface area contributed by atoms with Gasteiger partial charge in [-0.05, 0) is 49.4 Å². The number of rotatable bonds is 4. The van der Waals surface area contributed by atoms with Crippen molar-refractivity contribution in [3.63, 3.8) is 0 Å². The number of aliphatic hydroxyl groups is 1. The van der Waals surface area contributed by atoms with Gasteiger partial charge in [-0.2, -0.15) is 4.31 Å². The summed E-state index contributed by atoms with van der Waals surface area (Å²) in [6, 6.07) is 4.89. The predicted molar refractivity (Wildman–Crippen MR) is 76.3 cm³/mol. The third kappa shape index (κ3) is 2.97. The summed E-state index contributed by atoms with van der Waals surface area (Å²) in [5.74, 6) is 0.716. The van der Waals surface area contributed by atoms with Crippen molar-refractivity contribution in [1.29, 1.82) is 0 Å². The second-order valence-electron chi connectivity index (χ2n) is 5.19. The van der Waals surface area contributed by atoms with Crippen molar-refractivity contribution in [3.05, 3.63) is 23.8 Å². The van der Waals surface area contributed by atoms with Gasteiger partial charge in [0, 0.05) is 19.7 Å². The SMILES string of the molecule is COc1ccc(S(=O)(=O)N2CCCC(CO)C2)cc1C. The lowest BCUT2D eigenvalue weighted by molar-refractivity contribution is 0.165. The Balaban J connectivity index is 2.28. The molecule has 1 saturated heterocycles. The first-order valence-electron chi connectivity index (χ1n) is 6.74. The molecule has 1 unspecified atom stereocenters. The zero-order valence-corrected chi connectivity index (χ0v) is 12.7. The molecule has 1 heterocycles. The number of sulfonamides is 1. The highest BCUT2D eigenvalue weighted by atomic mass is 32.2. The van der Waals surface area contributed by atoms with E-state index in [0.717, 1.165) is 18.4 Å². The van der Waals surface area contributed by atoms with E-state index in [1.54, 1.807) is 25.3 Å². The van der Waals surface area contributed by atoms with E-state index in [1.165, 1.54) is 4.31 Å². The quantitative estimate of drug-likeness (QED) is 0.912. The fourth-order valence-electron chi connectivity index (χ4n) is 2.55. The zero-order valence-electron chi connectivity index (χ0n) is 11.9. The first-order valence-corrected chi connectivity index (χ1v) is 8.18. The molecule has 1 aromatic rings. The van der Waals surface area contributed by atoms with Crippen molar-refractivity contribution < 1.29 is 18.3 Å². The van der Waals surface area contributed by atoms with Crippen molar-refractivity contribution in [3.8, 4) is 5.75 Å². The Kier molecular flexibility index (Phi) is 4.67. The standard InChI is InChI=1S/C14H21NO4S/c1-11-8-13(5-6-14(11)19-2)20(17,18)15-7-3-4-12(9-15)10-16/h5-6,8,12,16H,3-4,7,9-10H2,1-2H3. The van der Waals surface area contributed by atoms with Gasteiger partial charge in [-0.1, -0.05) is 0 Å². The van der Waals surface area contributed by atoms with Gasteiger partial charge in [-0.15, -0.1) is 0 Å². The highest BCUT2D eigenvalue weighted by Gasteiger charge is 2.30. The first kappa shape index (κ1) is 15.3. The number of methoxy groups -OCH3 is 1. The molecule has 1 aliphatic heterocycles. The summed E-state index contributed by atoms with van der Waals surface area (Å²) in [5.41, 5.74) is 0.796. The lowest BCUT2D eigenvalue weighted by Gasteiger charge is -2.31. The summed E-state index contributed by atoms with van der Waals surface area (Å²) < 4.78 is 31.8. The minimum Gasteiger partial charge on any atom is -0.496 e. The minimum atomic E-state index is -3.49. The number of aryl methyl sites for hydroxylation is 1. The van der Waals surface area contributed by atoms with E-state index in [-0.39, 0.29) is 17.4 Å². The number of piperidine rings is 1. The van der Waals surface area contributed by atoms with Gasteiger partial charge in [0.05, 0.1) is 12.0 Å². The van der Waals surface area contributed by atoms with Crippen LogP contribution in [0.5, 0.6) is 5.75 Å². The van der Waals surface area contributed by atoms with E-state index in [1.807, 2.05) is 6.92 Å². The molecule has 1 N–H and O–H groups in total. The van der Waals surface area contributed by atoms with Crippen LogP contribution in [-0.4, -0.2) is 44.6 Å².